The van der Waals surface area contributed by atoms with Gasteiger partial charge in [0, 0.05) is 6.92 Å². The molecule has 5 heteroatoms. The molecular formula is C18H26N2O3. The average molecular weight is 318 g/mol. The summed E-state index contributed by atoms with van der Waals surface area (Å²) in [6.45, 7) is 7.30. The van der Waals surface area contributed by atoms with Crippen LogP contribution in [-0.2, 0) is 20.9 Å². The zero-order valence-corrected chi connectivity index (χ0v) is 14.1. The minimum Gasteiger partial charge on any atom is -0.477 e. The summed E-state index contributed by atoms with van der Waals surface area (Å²) in [5.41, 5.74) is 1.14. The Morgan fingerprint density at radius 3 is 2.83 bits per heavy atom. The summed E-state index contributed by atoms with van der Waals surface area (Å²) in [4.78, 5) is 16.0. The van der Waals surface area contributed by atoms with Gasteiger partial charge in [-0.25, -0.2) is 4.99 Å². The van der Waals surface area contributed by atoms with E-state index in [0.29, 0.717) is 25.7 Å². The predicted molar refractivity (Wildman–Crippen MR) is 90.3 cm³/mol. The second-order valence-electron chi connectivity index (χ2n) is 6.00. The maximum Gasteiger partial charge on any atom is 0.217 e. The van der Waals surface area contributed by atoms with Gasteiger partial charge < -0.3 is 14.8 Å². The second-order valence-corrected chi connectivity index (χ2v) is 6.00. The number of aliphatic imine (C=N–C) groups is 1. The molecule has 1 aliphatic heterocycles. The molecule has 0 spiro atoms. The van der Waals surface area contributed by atoms with Gasteiger partial charge in [0.2, 0.25) is 11.8 Å². The highest BCUT2D eigenvalue weighted by atomic mass is 16.5. The highest BCUT2D eigenvalue weighted by Crippen LogP contribution is 2.16. The number of nitrogens with zero attached hydrogens (tertiary/aromatic N) is 1. The van der Waals surface area contributed by atoms with E-state index in [0.717, 1.165) is 12.0 Å². The fourth-order valence-electron chi connectivity index (χ4n) is 2.48. The first-order valence-electron chi connectivity index (χ1n) is 8.19. The van der Waals surface area contributed by atoms with Crippen molar-refractivity contribution in [1.82, 2.24) is 5.32 Å². The predicted octanol–water partition coefficient (Wildman–Crippen LogP) is 2.55. The molecule has 0 saturated heterocycles. The topological polar surface area (TPSA) is 59.9 Å². The molecule has 1 heterocycles. The van der Waals surface area contributed by atoms with Gasteiger partial charge in [0.25, 0.3) is 0 Å². The summed E-state index contributed by atoms with van der Waals surface area (Å²) < 4.78 is 11.4. The average Bonchev–Trinajstić information content (AvgIpc) is 3.01. The largest absolute Gasteiger partial charge is 0.477 e. The molecule has 3 atom stereocenters. The van der Waals surface area contributed by atoms with Crippen molar-refractivity contribution in [2.24, 2.45) is 10.9 Å². The van der Waals surface area contributed by atoms with E-state index in [1.165, 1.54) is 6.92 Å². The molecule has 0 aromatic heterocycles. The van der Waals surface area contributed by atoms with E-state index in [4.69, 9.17) is 9.47 Å². The van der Waals surface area contributed by atoms with E-state index in [2.05, 4.69) is 24.2 Å². The number of carbonyl (C=O) groups is 1. The lowest BCUT2D eigenvalue weighted by atomic mass is 9.99. The molecule has 1 aliphatic rings. The van der Waals surface area contributed by atoms with Crippen LogP contribution in [-0.4, -0.2) is 37.1 Å². The van der Waals surface area contributed by atoms with Crippen molar-refractivity contribution in [3.63, 3.8) is 0 Å². The molecule has 1 N–H and O–H groups in total. The summed E-state index contributed by atoms with van der Waals surface area (Å²) >= 11 is 0. The molecule has 126 valence electrons. The van der Waals surface area contributed by atoms with Crippen LogP contribution >= 0.6 is 0 Å². The van der Waals surface area contributed by atoms with Gasteiger partial charge in [0.05, 0.1) is 13.2 Å². The number of amides is 1. The van der Waals surface area contributed by atoms with Crippen molar-refractivity contribution >= 4 is 11.8 Å². The molecular weight excluding hydrogens is 292 g/mol. The molecule has 5 nitrogen and oxygen atoms in total. The number of hydrogen-bond acceptors (Lipinski definition) is 4. The van der Waals surface area contributed by atoms with Gasteiger partial charge in [-0.15, -0.1) is 0 Å². The highest BCUT2D eigenvalue weighted by molar-refractivity contribution is 5.88. The van der Waals surface area contributed by atoms with Crippen LogP contribution in [0.5, 0.6) is 0 Å². The molecule has 0 bridgehead atoms. The molecule has 2 rings (SSSR count). The van der Waals surface area contributed by atoms with Crippen LogP contribution in [0.15, 0.2) is 35.3 Å². The standard InChI is InChI=1S/C18H26N2O3/c1-4-13(2)17(19-14(3)21)18-20-16(12-23-18)11-22-10-15-8-6-5-7-9-15/h5-9,13,16-17H,4,10-12H2,1-3H3,(H,19,21)/t13-,16?,17-/m0/s1. The Hall–Kier alpha value is -1.88. The number of carbonyl (C=O) groups excluding carboxylic acids is 1. The van der Waals surface area contributed by atoms with E-state index in [9.17, 15) is 4.79 Å². The summed E-state index contributed by atoms with van der Waals surface area (Å²) in [5.74, 6) is 0.842. The molecule has 0 radical (unpaired) electrons. The van der Waals surface area contributed by atoms with E-state index >= 15 is 0 Å². The maximum atomic E-state index is 11.4. The molecule has 23 heavy (non-hydrogen) atoms. The molecule has 1 unspecified atom stereocenters. The Labute approximate surface area is 138 Å². The lowest BCUT2D eigenvalue weighted by molar-refractivity contribution is -0.119. The van der Waals surface area contributed by atoms with Crippen molar-refractivity contribution in [3.8, 4) is 0 Å². The molecule has 0 aliphatic carbocycles. The quantitative estimate of drug-likeness (QED) is 0.801. The minimum absolute atomic E-state index is 0.00553. The Bertz CT molecular complexity index is 530. The van der Waals surface area contributed by atoms with Crippen molar-refractivity contribution in [2.45, 2.75) is 45.9 Å². The zero-order valence-electron chi connectivity index (χ0n) is 14.1. The molecule has 1 aromatic rings. The van der Waals surface area contributed by atoms with E-state index in [1.807, 2.05) is 30.3 Å². The van der Waals surface area contributed by atoms with Gasteiger partial charge in [0.1, 0.15) is 18.7 Å². The Balaban J connectivity index is 1.87. The number of rotatable bonds is 8. The SMILES string of the molecule is CC[C@H](C)[C@H](NC(C)=O)C1=NC(COCc2ccccc2)CO1. The monoisotopic (exact) mass is 318 g/mol. The van der Waals surface area contributed by atoms with E-state index in [1.54, 1.807) is 0 Å². The van der Waals surface area contributed by atoms with Crippen LogP contribution in [0.4, 0.5) is 0 Å². The minimum atomic E-state index is -0.156. The highest BCUT2D eigenvalue weighted by Gasteiger charge is 2.29. The van der Waals surface area contributed by atoms with Gasteiger partial charge in [-0.1, -0.05) is 50.6 Å². The summed E-state index contributed by atoms with van der Waals surface area (Å²) in [6, 6.07) is 9.90. The van der Waals surface area contributed by atoms with Crippen molar-refractivity contribution < 1.29 is 14.3 Å². The van der Waals surface area contributed by atoms with Crippen LogP contribution < -0.4 is 5.32 Å². The maximum absolute atomic E-state index is 11.4. The fourth-order valence-corrected chi connectivity index (χ4v) is 2.48. The van der Waals surface area contributed by atoms with Crippen molar-refractivity contribution in [3.05, 3.63) is 35.9 Å². The van der Waals surface area contributed by atoms with Gasteiger partial charge in [0.15, 0.2) is 0 Å². The molecule has 0 fully saturated rings. The Kier molecular flexibility index (Phi) is 6.59. The van der Waals surface area contributed by atoms with Crippen LogP contribution in [0.3, 0.4) is 0 Å². The van der Waals surface area contributed by atoms with Crippen molar-refractivity contribution in [2.75, 3.05) is 13.2 Å². The number of hydrogen-bond donors (Lipinski definition) is 1. The number of nitrogens with one attached hydrogen (secondary N) is 1. The Morgan fingerprint density at radius 2 is 2.17 bits per heavy atom. The lowest BCUT2D eigenvalue weighted by Crippen LogP contribution is -2.44. The lowest BCUT2D eigenvalue weighted by Gasteiger charge is -2.22. The molecule has 0 saturated carbocycles. The van der Waals surface area contributed by atoms with Gasteiger partial charge in [-0.3, -0.25) is 4.79 Å². The van der Waals surface area contributed by atoms with Gasteiger partial charge in [-0.2, -0.15) is 0 Å². The van der Waals surface area contributed by atoms with Gasteiger partial charge >= 0.3 is 0 Å². The van der Waals surface area contributed by atoms with Crippen LogP contribution in [0, 0.1) is 5.92 Å². The van der Waals surface area contributed by atoms with E-state index in [-0.39, 0.29) is 23.9 Å². The number of benzene rings is 1. The molecule has 1 amide bonds. The zero-order chi connectivity index (χ0) is 16.7. The first-order valence-corrected chi connectivity index (χ1v) is 8.19. The normalized spacial score (nSPS) is 19.6. The third kappa shape index (κ3) is 5.36. The fraction of sp³-hybridized carbons (Fsp3) is 0.556. The Morgan fingerprint density at radius 1 is 1.43 bits per heavy atom. The van der Waals surface area contributed by atoms with Crippen LogP contribution in [0.1, 0.15) is 32.8 Å². The summed E-state index contributed by atoms with van der Waals surface area (Å²) in [7, 11) is 0. The first kappa shape index (κ1) is 17.5. The third-order valence-corrected chi connectivity index (χ3v) is 3.99. The molecule has 1 aromatic carbocycles. The first-order chi connectivity index (χ1) is 11.1. The van der Waals surface area contributed by atoms with Crippen LogP contribution in [0.2, 0.25) is 0 Å². The van der Waals surface area contributed by atoms with Crippen molar-refractivity contribution in [1.29, 1.82) is 0 Å². The number of ether oxygens (including phenoxy) is 2. The second kappa shape index (κ2) is 8.67. The smallest absolute Gasteiger partial charge is 0.217 e. The van der Waals surface area contributed by atoms with E-state index < -0.39 is 0 Å². The third-order valence-electron chi connectivity index (χ3n) is 3.99. The van der Waals surface area contributed by atoms with Crippen LogP contribution in [0.25, 0.3) is 0 Å². The van der Waals surface area contributed by atoms with Gasteiger partial charge in [-0.05, 0) is 11.5 Å². The summed E-state index contributed by atoms with van der Waals surface area (Å²) in [5, 5.41) is 2.94. The summed E-state index contributed by atoms with van der Waals surface area (Å²) in [6.07, 6.45) is 0.947.